The van der Waals surface area contributed by atoms with Gasteiger partial charge in [0.1, 0.15) is 11.5 Å². The van der Waals surface area contributed by atoms with Crippen LogP contribution in [0.2, 0.25) is 5.02 Å². The number of halogens is 1. The van der Waals surface area contributed by atoms with Gasteiger partial charge in [-0.25, -0.2) is 0 Å². The van der Waals surface area contributed by atoms with Gasteiger partial charge in [0.05, 0.1) is 20.1 Å². The molecule has 0 radical (unpaired) electrons. The quantitative estimate of drug-likeness (QED) is 0.472. The maximum atomic E-state index is 13.7. The second kappa shape index (κ2) is 10.8. The van der Waals surface area contributed by atoms with Crippen molar-refractivity contribution in [3.05, 3.63) is 94.5 Å². The van der Waals surface area contributed by atoms with Crippen molar-refractivity contribution in [1.82, 2.24) is 9.80 Å². The van der Waals surface area contributed by atoms with Crippen molar-refractivity contribution in [2.45, 2.75) is 12.5 Å². The first-order valence-electron chi connectivity index (χ1n) is 11.5. The lowest BCUT2D eigenvalue weighted by molar-refractivity contribution is -0.134. The van der Waals surface area contributed by atoms with Gasteiger partial charge in [0, 0.05) is 48.7 Å². The zero-order chi connectivity index (χ0) is 24.9. The Morgan fingerprint density at radius 2 is 1.74 bits per heavy atom. The molecule has 0 unspecified atom stereocenters. The van der Waals surface area contributed by atoms with Crippen LogP contribution in [-0.4, -0.2) is 56.0 Å². The van der Waals surface area contributed by atoms with Gasteiger partial charge in [-0.1, -0.05) is 48.0 Å². The second-order valence-corrected chi connectivity index (χ2v) is 9.16. The second-order valence-electron chi connectivity index (χ2n) is 8.72. The highest BCUT2D eigenvalue weighted by Gasteiger charge is 2.43. The first kappa shape index (κ1) is 24.6. The van der Waals surface area contributed by atoms with Gasteiger partial charge in [-0.3, -0.25) is 9.59 Å². The standard InChI is InChI=1S/C28H29ClN2O4/c1-30(16-19-8-5-4-6-9-19)28(33)25-18-31(27(32)20-10-7-11-21(29)14-20)17-24(25)23-15-22(34-2)12-13-26(23)35-3/h4-15,24-25H,16-18H2,1-3H3/t24-,25-/m0/s1. The first-order chi connectivity index (χ1) is 16.9. The Morgan fingerprint density at radius 3 is 2.43 bits per heavy atom. The van der Waals surface area contributed by atoms with Crippen LogP contribution in [-0.2, 0) is 11.3 Å². The molecule has 2 amide bonds. The summed E-state index contributed by atoms with van der Waals surface area (Å²) in [5.74, 6) is 0.466. The average molecular weight is 493 g/mol. The number of hydrogen-bond acceptors (Lipinski definition) is 4. The van der Waals surface area contributed by atoms with E-state index in [0.717, 1.165) is 11.1 Å². The summed E-state index contributed by atoms with van der Waals surface area (Å²) < 4.78 is 11.1. The van der Waals surface area contributed by atoms with E-state index in [0.29, 0.717) is 41.7 Å². The molecule has 1 aliphatic rings. The molecule has 0 spiro atoms. The predicted octanol–water partition coefficient (Wildman–Crippen LogP) is 4.87. The Morgan fingerprint density at radius 1 is 0.971 bits per heavy atom. The number of likely N-dealkylation sites (tertiary alicyclic amines) is 1. The fourth-order valence-corrected chi connectivity index (χ4v) is 4.88. The summed E-state index contributed by atoms with van der Waals surface area (Å²) in [5, 5.41) is 0.497. The lowest BCUT2D eigenvalue weighted by Crippen LogP contribution is -2.36. The van der Waals surface area contributed by atoms with Gasteiger partial charge < -0.3 is 19.3 Å². The first-order valence-corrected chi connectivity index (χ1v) is 11.8. The smallest absolute Gasteiger partial charge is 0.253 e. The molecule has 4 rings (SSSR count). The minimum atomic E-state index is -0.437. The summed E-state index contributed by atoms with van der Waals surface area (Å²) in [4.78, 5) is 30.6. The van der Waals surface area contributed by atoms with E-state index < -0.39 is 5.92 Å². The van der Waals surface area contributed by atoms with Crippen molar-refractivity contribution in [3.63, 3.8) is 0 Å². The fraction of sp³-hybridized carbons (Fsp3) is 0.286. The molecule has 0 N–H and O–H groups in total. The molecule has 182 valence electrons. The Balaban J connectivity index is 1.67. The van der Waals surface area contributed by atoms with E-state index in [1.54, 1.807) is 55.3 Å². The van der Waals surface area contributed by atoms with Crippen molar-refractivity contribution in [2.24, 2.45) is 5.92 Å². The van der Waals surface area contributed by atoms with Gasteiger partial charge in [-0.05, 0) is 42.0 Å². The predicted molar refractivity (Wildman–Crippen MR) is 136 cm³/mol. The molecule has 6 nitrogen and oxygen atoms in total. The van der Waals surface area contributed by atoms with Crippen molar-refractivity contribution >= 4 is 23.4 Å². The van der Waals surface area contributed by atoms with E-state index in [-0.39, 0.29) is 17.7 Å². The summed E-state index contributed by atoms with van der Waals surface area (Å²) in [6.07, 6.45) is 0. The molecule has 1 aliphatic heterocycles. The molecule has 0 aromatic heterocycles. The largest absolute Gasteiger partial charge is 0.497 e. The number of amides is 2. The topological polar surface area (TPSA) is 59.1 Å². The molecule has 1 heterocycles. The summed E-state index contributed by atoms with van der Waals surface area (Å²) in [6.45, 7) is 1.17. The van der Waals surface area contributed by atoms with E-state index >= 15 is 0 Å². The number of carbonyl (C=O) groups excluding carboxylic acids is 2. The number of carbonyl (C=O) groups is 2. The number of hydrogen-bond donors (Lipinski definition) is 0. The van der Waals surface area contributed by atoms with Gasteiger partial charge in [0.25, 0.3) is 5.91 Å². The third-order valence-electron chi connectivity index (χ3n) is 6.47. The molecule has 0 bridgehead atoms. The number of benzene rings is 3. The van der Waals surface area contributed by atoms with Crippen molar-refractivity contribution in [3.8, 4) is 11.5 Å². The zero-order valence-corrected chi connectivity index (χ0v) is 20.9. The molecular formula is C28H29ClN2O4. The lowest BCUT2D eigenvalue weighted by atomic mass is 9.87. The Hall–Kier alpha value is -3.51. The van der Waals surface area contributed by atoms with Gasteiger partial charge in [0.2, 0.25) is 5.91 Å². The summed E-state index contributed by atoms with van der Waals surface area (Å²) in [7, 11) is 5.01. The average Bonchev–Trinajstić information content (AvgIpc) is 3.33. The highest BCUT2D eigenvalue weighted by Crippen LogP contribution is 2.40. The maximum absolute atomic E-state index is 13.7. The molecule has 1 fully saturated rings. The van der Waals surface area contributed by atoms with Crippen LogP contribution in [0.15, 0.2) is 72.8 Å². The van der Waals surface area contributed by atoms with Crippen LogP contribution in [0.3, 0.4) is 0 Å². The lowest BCUT2D eigenvalue weighted by Gasteiger charge is -2.25. The third-order valence-corrected chi connectivity index (χ3v) is 6.71. The SMILES string of the molecule is COc1ccc(OC)c([C@@H]2CN(C(=O)c3cccc(Cl)c3)C[C@@H]2C(=O)N(C)Cc2ccccc2)c1. The number of rotatable bonds is 7. The Kier molecular flexibility index (Phi) is 7.61. The summed E-state index contributed by atoms with van der Waals surface area (Å²) >= 11 is 6.13. The highest BCUT2D eigenvalue weighted by atomic mass is 35.5. The molecule has 2 atom stereocenters. The monoisotopic (exact) mass is 492 g/mol. The highest BCUT2D eigenvalue weighted by molar-refractivity contribution is 6.30. The Labute approximate surface area is 211 Å². The van der Waals surface area contributed by atoms with Crippen LogP contribution in [0.4, 0.5) is 0 Å². The molecule has 7 heteroatoms. The third kappa shape index (κ3) is 5.43. The van der Waals surface area contributed by atoms with Gasteiger partial charge in [-0.15, -0.1) is 0 Å². The zero-order valence-electron chi connectivity index (χ0n) is 20.1. The van der Waals surface area contributed by atoms with Gasteiger partial charge in [0.15, 0.2) is 0 Å². The van der Waals surface area contributed by atoms with Crippen molar-refractivity contribution in [2.75, 3.05) is 34.4 Å². The van der Waals surface area contributed by atoms with E-state index in [9.17, 15) is 9.59 Å². The molecule has 35 heavy (non-hydrogen) atoms. The molecule has 0 aliphatic carbocycles. The van der Waals surface area contributed by atoms with Crippen LogP contribution >= 0.6 is 11.6 Å². The Bertz CT molecular complexity index is 1200. The molecular weight excluding hydrogens is 464 g/mol. The van der Waals surface area contributed by atoms with Crippen LogP contribution in [0.1, 0.15) is 27.4 Å². The molecule has 0 saturated carbocycles. The van der Waals surface area contributed by atoms with E-state index in [4.69, 9.17) is 21.1 Å². The number of methoxy groups -OCH3 is 2. The molecule has 1 saturated heterocycles. The fourth-order valence-electron chi connectivity index (χ4n) is 4.69. The van der Waals surface area contributed by atoms with Crippen molar-refractivity contribution < 1.29 is 19.1 Å². The van der Waals surface area contributed by atoms with E-state index in [1.165, 1.54) is 0 Å². The van der Waals surface area contributed by atoms with Crippen LogP contribution in [0, 0.1) is 5.92 Å². The minimum absolute atomic E-state index is 0.0230. The van der Waals surface area contributed by atoms with Crippen LogP contribution in [0.5, 0.6) is 11.5 Å². The van der Waals surface area contributed by atoms with E-state index in [2.05, 4.69) is 0 Å². The van der Waals surface area contributed by atoms with E-state index in [1.807, 2.05) is 48.5 Å². The molecule has 3 aromatic rings. The summed E-state index contributed by atoms with van der Waals surface area (Å²) in [5.41, 5.74) is 2.39. The normalized spacial score (nSPS) is 17.2. The van der Waals surface area contributed by atoms with Crippen LogP contribution in [0.25, 0.3) is 0 Å². The van der Waals surface area contributed by atoms with Gasteiger partial charge >= 0.3 is 0 Å². The molecule has 3 aromatic carbocycles. The van der Waals surface area contributed by atoms with Gasteiger partial charge in [-0.2, -0.15) is 0 Å². The minimum Gasteiger partial charge on any atom is -0.497 e. The summed E-state index contributed by atoms with van der Waals surface area (Å²) in [6, 6.07) is 22.3. The van der Waals surface area contributed by atoms with Crippen LogP contribution < -0.4 is 9.47 Å². The number of nitrogens with zero attached hydrogens (tertiary/aromatic N) is 2. The maximum Gasteiger partial charge on any atom is 0.253 e. The van der Waals surface area contributed by atoms with Crippen molar-refractivity contribution in [1.29, 1.82) is 0 Å². The number of ether oxygens (including phenoxy) is 2.